The zero-order valence-corrected chi connectivity index (χ0v) is 8.11. The molecule has 0 saturated heterocycles. The predicted octanol–water partition coefficient (Wildman–Crippen LogP) is 2.00. The number of rotatable bonds is 1. The Kier molecular flexibility index (Phi) is 1.81. The van der Waals surface area contributed by atoms with Gasteiger partial charge in [-0.15, -0.1) is 0 Å². The van der Waals surface area contributed by atoms with E-state index in [1.165, 1.54) is 0 Å². The second kappa shape index (κ2) is 2.87. The summed E-state index contributed by atoms with van der Waals surface area (Å²) in [5, 5.41) is 10.4. The fourth-order valence-electron chi connectivity index (χ4n) is 1.85. The molecule has 0 amide bonds. The van der Waals surface area contributed by atoms with Gasteiger partial charge in [0.05, 0.1) is 11.1 Å². The number of hydrogen-bond donors (Lipinski definition) is 1. The Morgan fingerprint density at radius 2 is 2.21 bits per heavy atom. The lowest BCUT2D eigenvalue weighted by Gasteiger charge is -2.05. The number of hydrogen-bond acceptors (Lipinski definition) is 2. The van der Waals surface area contributed by atoms with Gasteiger partial charge in [0.1, 0.15) is 5.75 Å². The Morgan fingerprint density at radius 1 is 1.50 bits per heavy atom. The standard InChI is InChI=1S/C11H11NO2/c1-7-5-10(14)9(6-13)8-3-4-12(2)11(7)8/h3-6,14H,1-2H3. The van der Waals surface area contributed by atoms with Crippen LogP contribution < -0.4 is 0 Å². The molecule has 1 N–H and O–H groups in total. The number of nitrogens with zero attached hydrogens (tertiary/aromatic N) is 1. The third-order valence-electron chi connectivity index (χ3n) is 2.48. The van der Waals surface area contributed by atoms with Crippen LogP contribution in [0, 0.1) is 6.92 Å². The van der Waals surface area contributed by atoms with Crippen LogP contribution in [0.25, 0.3) is 10.9 Å². The number of fused-ring (bicyclic) bond motifs is 1. The molecule has 3 nitrogen and oxygen atoms in total. The van der Waals surface area contributed by atoms with E-state index in [0.29, 0.717) is 11.8 Å². The molecule has 0 spiro atoms. The van der Waals surface area contributed by atoms with E-state index in [1.807, 2.05) is 30.8 Å². The molecule has 2 aromatic rings. The minimum absolute atomic E-state index is 0.0520. The number of carbonyl (C=O) groups is 1. The van der Waals surface area contributed by atoms with Crippen molar-refractivity contribution in [3.63, 3.8) is 0 Å². The molecule has 72 valence electrons. The first-order chi connectivity index (χ1) is 6.65. The van der Waals surface area contributed by atoms with Crippen LogP contribution in [0.1, 0.15) is 15.9 Å². The average molecular weight is 189 g/mol. The summed E-state index contributed by atoms with van der Waals surface area (Å²) >= 11 is 0. The molecule has 3 heteroatoms. The van der Waals surface area contributed by atoms with Crippen LogP contribution in [-0.2, 0) is 7.05 Å². The van der Waals surface area contributed by atoms with Crippen molar-refractivity contribution in [2.45, 2.75) is 6.92 Å². The lowest BCUT2D eigenvalue weighted by molar-refractivity contribution is 0.112. The van der Waals surface area contributed by atoms with Crippen LogP contribution in [0.15, 0.2) is 18.3 Å². The van der Waals surface area contributed by atoms with Crippen LogP contribution in [-0.4, -0.2) is 16.0 Å². The molecule has 0 fully saturated rings. The molecule has 2 rings (SSSR count). The lowest BCUT2D eigenvalue weighted by atomic mass is 10.1. The summed E-state index contributed by atoms with van der Waals surface area (Å²) in [5.41, 5.74) is 2.33. The number of benzene rings is 1. The van der Waals surface area contributed by atoms with Gasteiger partial charge in [-0.05, 0) is 24.6 Å². The fourth-order valence-corrected chi connectivity index (χ4v) is 1.85. The SMILES string of the molecule is Cc1cc(O)c(C=O)c2ccn(C)c12. The number of aromatic hydroxyl groups is 1. The number of aryl methyl sites for hydroxylation is 2. The van der Waals surface area contributed by atoms with Crippen molar-refractivity contribution >= 4 is 17.2 Å². The summed E-state index contributed by atoms with van der Waals surface area (Å²) in [6.07, 6.45) is 2.57. The molecule has 0 radical (unpaired) electrons. The number of aromatic nitrogens is 1. The molecule has 0 aliphatic carbocycles. The average Bonchev–Trinajstić information content (AvgIpc) is 2.49. The van der Waals surface area contributed by atoms with Crippen molar-refractivity contribution in [3.05, 3.63) is 29.5 Å². The zero-order valence-electron chi connectivity index (χ0n) is 8.11. The number of aldehydes is 1. The first-order valence-electron chi connectivity index (χ1n) is 4.38. The maximum atomic E-state index is 10.8. The zero-order chi connectivity index (χ0) is 10.3. The Balaban J connectivity index is 2.99. The van der Waals surface area contributed by atoms with Crippen LogP contribution in [0.4, 0.5) is 0 Å². The molecule has 1 aromatic carbocycles. The quantitative estimate of drug-likeness (QED) is 0.697. The summed E-state index contributed by atoms with van der Waals surface area (Å²) in [5.74, 6) is 0.0520. The maximum Gasteiger partial charge on any atom is 0.154 e. The van der Waals surface area contributed by atoms with E-state index in [4.69, 9.17) is 0 Å². The predicted molar refractivity (Wildman–Crippen MR) is 54.7 cm³/mol. The van der Waals surface area contributed by atoms with E-state index in [9.17, 15) is 9.90 Å². The van der Waals surface area contributed by atoms with E-state index in [2.05, 4.69) is 0 Å². The highest BCUT2D eigenvalue weighted by atomic mass is 16.3. The number of carbonyl (C=O) groups excluding carboxylic acids is 1. The summed E-state index contributed by atoms with van der Waals surface area (Å²) in [6, 6.07) is 3.46. The van der Waals surface area contributed by atoms with Crippen molar-refractivity contribution in [2.24, 2.45) is 7.05 Å². The van der Waals surface area contributed by atoms with Gasteiger partial charge in [-0.1, -0.05) is 0 Å². The summed E-state index contributed by atoms with van der Waals surface area (Å²) in [4.78, 5) is 10.8. The summed E-state index contributed by atoms with van der Waals surface area (Å²) in [7, 11) is 1.92. The van der Waals surface area contributed by atoms with Gasteiger partial charge < -0.3 is 9.67 Å². The van der Waals surface area contributed by atoms with Crippen molar-refractivity contribution < 1.29 is 9.90 Å². The van der Waals surface area contributed by atoms with Gasteiger partial charge in [0.15, 0.2) is 6.29 Å². The third-order valence-corrected chi connectivity index (χ3v) is 2.48. The molecule has 0 saturated carbocycles. The third kappa shape index (κ3) is 1.02. The van der Waals surface area contributed by atoms with E-state index in [0.717, 1.165) is 16.5 Å². The summed E-state index contributed by atoms with van der Waals surface area (Å²) < 4.78 is 1.94. The van der Waals surface area contributed by atoms with Crippen molar-refractivity contribution in [1.29, 1.82) is 0 Å². The van der Waals surface area contributed by atoms with E-state index in [1.54, 1.807) is 6.07 Å². The monoisotopic (exact) mass is 189 g/mol. The number of phenolic OH excluding ortho intramolecular Hbond substituents is 1. The second-order valence-electron chi connectivity index (χ2n) is 3.43. The second-order valence-corrected chi connectivity index (χ2v) is 3.43. The van der Waals surface area contributed by atoms with E-state index >= 15 is 0 Å². The lowest BCUT2D eigenvalue weighted by Crippen LogP contribution is -1.91. The summed E-state index contributed by atoms with van der Waals surface area (Å²) in [6.45, 7) is 1.91. The minimum Gasteiger partial charge on any atom is -0.507 e. The molecular weight excluding hydrogens is 178 g/mol. The van der Waals surface area contributed by atoms with Gasteiger partial charge in [0, 0.05) is 18.6 Å². The van der Waals surface area contributed by atoms with Gasteiger partial charge in [-0.3, -0.25) is 4.79 Å². The van der Waals surface area contributed by atoms with Crippen LogP contribution >= 0.6 is 0 Å². The first-order valence-corrected chi connectivity index (χ1v) is 4.38. The minimum atomic E-state index is 0.0520. The normalized spacial score (nSPS) is 10.7. The molecule has 0 aliphatic rings. The van der Waals surface area contributed by atoms with Crippen LogP contribution in [0.5, 0.6) is 5.75 Å². The Bertz CT molecular complexity index is 511. The highest BCUT2D eigenvalue weighted by Crippen LogP contribution is 2.29. The fraction of sp³-hybridized carbons (Fsp3) is 0.182. The molecule has 0 unspecified atom stereocenters. The molecule has 0 aliphatic heterocycles. The largest absolute Gasteiger partial charge is 0.507 e. The molecule has 0 bridgehead atoms. The van der Waals surface area contributed by atoms with Crippen molar-refractivity contribution in [2.75, 3.05) is 0 Å². The molecule has 1 heterocycles. The smallest absolute Gasteiger partial charge is 0.154 e. The van der Waals surface area contributed by atoms with Gasteiger partial charge in [0.2, 0.25) is 0 Å². The number of phenols is 1. The highest BCUT2D eigenvalue weighted by molar-refractivity contribution is 6.01. The Hall–Kier alpha value is -1.77. The Labute approximate surface area is 81.6 Å². The topological polar surface area (TPSA) is 42.2 Å². The van der Waals surface area contributed by atoms with E-state index in [-0.39, 0.29) is 5.75 Å². The van der Waals surface area contributed by atoms with Gasteiger partial charge in [-0.25, -0.2) is 0 Å². The molecule has 0 atom stereocenters. The Morgan fingerprint density at radius 3 is 2.86 bits per heavy atom. The van der Waals surface area contributed by atoms with Crippen molar-refractivity contribution in [1.82, 2.24) is 4.57 Å². The van der Waals surface area contributed by atoms with Crippen LogP contribution in [0.2, 0.25) is 0 Å². The van der Waals surface area contributed by atoms with Crippen molar-refractivity contribution in [3.8, 4) is 5.75 Å². The first kappa shape index (κ1) is 8.81. The van der Waals surface area contributed by atoms with Gasteiger partial charge >= 0.3 is 0 Å². The van der Waals surface area contributed by atoms with E-state index < -0.39 is 0 Å². The molecular formula is C11H11NO2. The highest BCUT2D eigenvalue weighted by Gasteiger charge is 2.10. The van der Waals surface area contributed by atoms with Gasteiger partial charge in [-0.2, -0.15) is 0 Å². The maximum absolute atomic E-state index is 10.8. The van der Waals surface area contributed by atoms with Crippen LogP contribution in [0.3, 0.4) is 0 Å². The molecule has 1 aromatic heterocycles. The van der Waals surface area contributed by atoms with Gasteiger partial charge in [0.25, 0.3) is 0 Å². The molecule has 14 heavy (non-hydrogen) atoms.